The zero-order valence-corrected chi connectivity index (χ0v) is 12.3. The summed E-state index contributed by atoms with van der Waals surface area (Å²) in [6.07, 6.45) is 1.59. The second kappa shape index (κ2) is 5.69. The van der Waals surface area contributed by atoms with Crippen molar-refractivity contribution in [2.75, 3.05) is 0 Å². The zero-order chi connectivity index (χ0) is 13.9. The van der Waals surface area contributed by atoms with Gasteiger partial charge in [0.2, 0.25) is 0 Å². The molecule has 0 aliphatic carbocycles. The molecule has 0 saturated carbocycles. The van der Waals surface area contributed by atoms with E-state index in [0.29, 0.717) is 5.92 Å². The molecular weight excluding hydrogens is 223 g/mol. The van der Waals surface area contributed by atoms with Crippen molar-refractivity contribution < 1.29 is 4.39 Å². The van der Waals surface area contributed by atoms with Gasteiger partial charge in [-0.3, -0.25) is 0 Å². The highest BCUT2D eigenvalue weighted by atomic mass is 19.1. The summed E-state index contributed by atoms with van der Waals surface area (Å²) in [7, 11) is 0. The average molecular weight is 248 g/mol. The van der Waals surface area contributed by atoms with Gasteiger partial charge in [0.15, 0.2) is 0 Å². The molecule has 0 atom stereocenters. The minimum absolute atomic E-state index is 0.0806. The van der Waals surface area contributed by atoms with E-state index in [9.17, 15) is 4.39 Å². The molecule has 1 heteroatoms. The van der Waals surface area contributed by atoms with Crippen LogP contribution in [0, 0.1) is 11.2 Å². The largest absolute Gasteiger partial charge is 0.207 e. The number of benzene rings is 1. The van der Waals surface area contributed by atoms with Gasteiger partial charge in [-0.05, 0) is 41.4 Å². The molecule has 18 heavy (non-hydrogen) atoms. The predicted octanol–water partition coefficient (Wildman–Crippen LogP) is 5.48. The highest BCUT2D eigenvalue weighted by Gasteiger charge is 2.15. The van der Waals surface area contributed by atoms with Crippen molar-refractivity contribution in [3.8, 4) is 0 Å². The van der Waals surface area contributed by atoms with Gasteiger partial charge in [0.05, 0.1) is 0 Å². The van der Waals surface area contributed by atoms with Crippen LogP contribution >= 0.6 is 0 Å². The third-order valence-corrected chi connectivity index (χ3v) is 3.50. The van der Waals surface area contributed by atoms with E-state index in [2.05, 4.69) is 41.2 Å². The van der Waals surface area contributed by atoms with Crippen LogP contribution in [0.3, 0.4) is 0 Å². The number of hydrogen-bond acceptors (Lipinski definition) is 0. The van der Waals surface area contributed by atoms with Crippen LogP contribution in [-0.2, 0) is 6.42 Å². The normalized spacial score (nSPS) is 11.9. The van der Waals surface area contributed by atoms with Gasteiger partial charge in [0, 0.05) is 0 Å². The van der Waals surface area contributed by atoms with Crippen molar-refractivity contribution >= 4 is 0 Å². The van der Waals surface area contributed by atoms with Gasteiger partial charge in [-0.1, -0.05) is 58.9 Å². The van der Waals surface area contributed by atoms with Crippen LogP contribution in [0.15, 0.2) is 30.4 Å². The summed E-state index contributed by atoms with van der Waals surface area (Å²) < 4.78 is 13.9. The molecule has 0 spiro atoms. The van der Waals surface area contributed by atoms with E-state index in [1.54, 1.807) is 6.07 Å². The molecule has 100 valence electrons. The van der Waals surface area contributed by atoms with E-state index < -0.39 is 0 Å². The molecule has 0 aromatic heterocycles. The lowest BCUT2D eigenvalue weighted by atomic mass is 9.84. The van der Waals surface area contributed by atoms with E-state index in [4.69, 9.17) is 0 Å². The number of rotatable bonds is 4. The Balaban J connectivity index is 2.72. The Morgan fingerprint density at radius 3 is 2.33 bits per heavy atom. The lowest BCUT2D eigenvalue weighted by Gasteiger charge is -2.22. The average Bonchev–Trinajstić information content (AvgIpc) is 2.25. The van der Waals surface area contributed by atoms with Crippen molar-refractivity contribution in [3.63, 3.8) is 0 Å². The monoisotopic (exact) mass is 248 g/mol. The molecule has 0 amide bonds. The fourth-order valence-electron chi connectivity index (χ4n) is 1.79. The number of aryl methyl sites for hydroxylation is 1. The van der Waals surface area contributed by atoms with E-state index in [0.717, 1.165) is 24.0 Å². The first kappa shape index (κ1) is 14.9. The molecule has 1 aromatic carbocycles. The summed E-state index contributed by atoms with van der Waals surface area (Å²) in [5.41, 5.74) is 3.14. The van der Waals surface area contributed by atoms with Crippen LogP contribution in [0.5, 0.6) is 0 Å². The van der Waals surface area contributed by atoms with E-state index in [1.165, 1.54) is 5.57 Å². The second-order valence-corrected chi connectivity index (χ2v) is 6.36. The molecule has 0 heterocycles. The summed E-state index contributed by atoms with van der Waals surface area (Å²) >= 11 is 0. The minimum Gasteiger partial charge on any atom is -0.207 e. The van der Waals surface area contributed by atoms with Gasteiger partial charge >= 0.3 is 0 Å². The van der Waals surface area contributed by atoms with Gasteiger partial charge in [0.25, 0.3) is 0 Å². The minimum atomic E-state index is -0.0806. The van der Waals surface area contributed by atoms with Gasteiger partial charge in [-0.2, -0.15) is 0 Å². The van der Waals surface area contributed by atoms with Crippen LogP contribution < -0.4 is 0 Å². The number of hydrogen-bond donors (Lipinski definition) is 0. The van der Waals surface area contributed by atoms with Crippen LogP contribution in [-0.4, -0.2) is 0 Å². The van der Waals surface area contributed by atoms with Crippen molar-refractivity contribution in [3.05, 3.63) is 47.3 Å². The molecule has 1 aromatic rings. The number of halogens is 1. The maximum absolute atomic E-state index is 13.9. The van der Waals surface area contributed by atoms with E-state index >= 15 is 0 Å². The van der Waals surface area contributed by atoms with E-state index in [1.807, 2.05) is 12.1 Å². The summed E-state index contributed by atoms with van der Waals surface area (Å²) in [6, 6.07) is 5.61. The predicted molar refractivity (Wildman–Crippen MR) is 77.4 cm³/mol. The first-order valence-electron chi connectivity index (χ1n) is 6.68. The summed E-state index contributed by atoms with van der Waals surface area (Å²) in [4.78, 5) is 0. The van der Waals surface area contributed by atoms with Crippen molar-refractivity contribution in [2.45, 2.75) is 53.4 Å². The maximum Gasteiger partial charge on any atom is 0.126 e. The second-order valence-electron chi connectivity index (χ2n) is 6.36. The Morgan fingerprint density at radius 1 is 1.28 bits per heavy atom. The molecule has 0 aliphatic rings. The molecule has 0 unspecified atom stereocenters. The topological polar surface area (TPSA) is 0 Å². The van der Waals surface area contributed by atoms with Crippen LogP contribution in [0.2, 0.25) is 0 Å². The highest BCUT2D eigenvalue weighted by molar-refractivity contribution is 5.27. The van der Waals surface area contributed by atoms with Gasteiger partial charge in [-0.15, -0.1) is 0 Å². The molecule has 1 rings (SSSR count). The Hall–Kier alpha value is -1.11. The van der Waals surface area contributed by atoms with Crippen LogP contribution in [0.25, 0.3) is 0 Å². The molecule has 0 fully saturated rings. The van der Waals surface area contributed by atoms with Crippen molar-refractivity contribution in [1.29, 1.82) is 0 Å². The SMILES string of the molecule is C=C(CCc1ccc(C(C)C)cc1F)C(C)(C)C. The Labute approximate surface area is 111 Å². The Kier molecular flexibility index (Phi) is 4.72. The third-order valence-electron chi connectivity index (χ3n) is 3.50. The summed E-state index contributed by atoms with van der Waals surface area (Å²) in [5, 5.41) is 0. The van der Waals surface area contributed by atoms with E-state index in [-0.39, 0.29) is 11.2 Å². The van der Waals surface area contributed by atoms with Gasteiger partial charge < -0.3 is 0 Å². The molecule has 0 radical (unpaired) electrons. The molecule has 0 saturated heterocycles. The lowest BCUT2D eigenvalue weighted by Crippen LogP contribution is -2.09. The quantitative estimate of drug-likeness (QED) is 0.618. The standard InChI is InChI=1S/C17H25F/c1-12(2)15-10-9-14(16(18)11-15)8-7-13(3)17(4,5)6/h9-12H,3,7-8H2,1-2,4-6H3. The highest BCUT2D eigenvalue weighted by Crippen LogP contribution is 2.28. The fourth-order valence-corrected chi connectivity index (χ4v) is 1.79. The lowest BCUT2D eigenvalue weighted by molar-refractivity contribution is 0.482. The third kappa shape index (κ3) is 3.97. The number of allylic oxidation sites excluding steroid dienone is 1. The molecule has 0 N–H and O–H groups in total. The Bertz CT molecular complexity index is 422. The molecule has 0 nitrogen and oxygen atoms in total. The molecule has 0 bridgehead atoms. The van der Waals surface area contributed by atoms with Gasteiger partial charge in [0.1, 0.15) is 5.82 Å². The first-order valence-corrected chi connectivity index (χ1v) is 6.68. The van der Waals surface area contributed by atoms with Crippen molar-refractivity contribution in [2.24, 2.45) is 5.41 Å². The van der Waals surface area contributed by atoms with Gasteiger partial charge in [-0.25, -0.2) is 4.39 Å². The fraction of sp³-hybridized carbons (Fsp3) is 0.529. The van der Waals surface area contributed by atoms with Crippen molar-refractivity contribution in [1.82, 2.24) is 0 Å². The molecular formula is C17H25F. The Morgan fingerprint density at radius 2 is 1.89 bits per heavy atom. The zero-order valence-electron chi connectivity index (χ0n) is 12.3. The first-order chi connectivity index (χ1) is 8.21. The van der Waals surface area contributed by atoms with Crippen LogP contribution in [0.1, 0.15) is 58.1 Å². The summed E-state index contributed by atoms with van der Waals surface area (Å²) in [5.74, 6) is 0.293. The molecule has 0 aliphatic heterocycles. The summed E-state index contributed by atoms with van der Waals surface area (Å²) in [6.45, 7) is 14.7. The maximum atomic E-state index is 13.9. The van der Waals surface area contributed by atoms with Crippen LogP contribution in [0.4, 0.5) is 4.39 Å². The smallest absolute Gasteiger partial charge is 0.126 e.